The fraction of sp³-hybridized carbons (Fsp3) is 0.556. The predicted octanol–water partition coefficient (Wildman–Crippen LogP) is 2.02. The molecule has 0 aromatic heterocycles. The Balaban J connectivity index is 0.00000392. The molecule has 158 valence electrons. The molecule has 1 heterocycles. The van der Waals surface area contributed by atoms with Crippen LogP contribution in [0.1, 0.15) is 32.1 Å². The number of nitrogens with one attached hydrogen (secondary N) is 1. The summed E-state index contributed by atoms with van der Waals surface area (Å²) in [5.41, 5.74) is 0.501. The van der Waals surface area contributed by atoms with Gasteiger partial charge in [-0.2, -0.15) is 4.31 Å². The maximum Gasteiger partial charge on any atom is 0.304 e. The normalized spacial score (nSPS) is 15.5. The van der Waals surface area contributed by atoms with Crippen LogP contribution in [0.2, 0.25) is 0 Å². The monoisotopic (exact) mass is 433 g/mol. The van der Waals surface area contributed by atoms with E-state index in [9.17, 15) is 18.0 Å². The molecule has 1 fully saturated rings. The Kier molecular flexibility index (Phi) is 9.88. The number of benzene rings is 1. The predicted molar refractivity (Wildman–Crippen MR) is 109 cm³/mol. The molecule has 1 amide bonds. The van der Waals surface area contributed by atoms with Gasteiger partial charge in [0.25, 0.3) is 0 Å². The fourth-order valence-electron chi connectivity index (χ4n) is 2.95. The Morgan fingerprint density at radius 1 is 1.11 bits per heavy atom. The molecule has 1 aromatic carbocycles. The average Bonchev–Trinajstić information content (AvgIpc) is 2.90. The van der Waals surface area contributed by atoms with Crippen LogP contribution in [0.5, 0.6) is 0 Å². The highest BCUT2D eigenvalue weighted by Crippen LogP contribution is 2.21. The van der Waals surface area contributed by atoms with E-state index in [-0.39, 0.29) is 42.7 Å². The maximum atomic E-state index is 12.7. The number of halogens is 1. The highest BCUT2D eigenvalue weighted by Gasteiger charge is 2.25. The average molecular weight is 434 g/mol. The van der Waals surface area contributed by atoms with Gasteiger partial charge in [0.05, 0.1) is 17.9 Å². The van der Waals surface area contributed by atoms with Crippen LogP contribution in [0.3, 0.4) is 0 Å². The molecule has 0 radical (unpaired) electrons. The number of rotatable bonds is 8. The third-order valence-electron chi connectivity index (χ3n) is 4.46. The zero-order valence-electron chi connectivity index (χ0n) is 16.0. The van der Waals surface area contributed by atoms with E-state index >= 15 is 0 Å². The topological polar surface area (TPSA) is 107 Å². The minimum absolute atomic E-state index is 0. The Bertz CT molecular complexity index is 747. The number of carbonyl (C=O) groups excluding carboxylic acids is 1. The molecule has 8 nitrogen and oxygen atoms in total. The van der Waals surface area contributed by atoms with Crippen molar-refractivity contribution in [2.45, 2.75) is 37.0 Å². The van der Waals surface area contributed by atoms with E-state index in [1.54, 1.807) is 24.1 Å². The molecular formula is C18H28ClN3O5S. The van der Waals surface area contributed by atoms with E-state index in [1.165, 1.54) is 16.4 Å². The number of hydrogen-bond acceptors (Lipinski definition) is 5. The zero-order valence-corrected chi connectivity index (χ0v) is 17.6. The minimum atomic E-state index is -3.51. The quantitative estimate of drug-likeness (QED) is 0.649. The van der Waals surface area contributed by atoms with Crippen LogP contribution in [-0.4, -0.2) is 67.8 Å². The number of carboxylic acid groups (broad SMARTS) is 1. The molecule has 10 heteroatoms. The van der Waals surface area contributed by atoms with E-state index in [2.05, 4.69) is 5.32 Å². The summed E-state index contributed by atoms with van der Waals surface area (Å²) in [6, 6.07) is 6.15. The summed E-state index contributed by atoms with van der Waals surface area (Å²) in [4.78, 5) is 24.4. The standard InChI is InChI=1S/C18H27N3O5S.ClH/c1-20(13-10-18(23)24)14-17(22)19-15-6-8-16(9-7-15)27(25,26)21-11-4-2-3-5-12-21;/h6-9H,2-5,10-14H2,1H3,(H,19,22)(H,23,24);1H. The summed E-state index contributed by atoms with van der Waals surface area (Å²) < 4.78 is 27.0. The lowest BCUT2D eigenvalue weighted by Crippen LogP contribution is -2.32. The van der Waals surface area contributed by atoms with Crippen LogP contribution in [0.15, 0.2) is 29.2 Å². The second-order valence-corrected chi connectivity index (χ2v) is 8.71. The van der Waals surface area contributed by atoms with E-state index < -0.39 is 16.0 Å². The van der Waals surface area contributed by atoms with Gasteiger partial charge in [0, 0.05) is 25.3 Å². The van der Waals surface area contributed by atoms with E-state index in [0.717, 1.165) is 25.7 Å². The molecule has 2 N–H and O–H groups in total. The maximum absolute atomic E-state index is 12.7. The van der Waals surface area contributed by atoms with Crippen LogP contribution in [0.25, 0.3) is 0 Å². The number of nitrogens with zero attached hydrogens (tertiary/aromatic N) is 2. The molecule has 0 saturated carbocycles. The summed E-state index contributed by atoms with van der Waals surface area (Å²) in [5.74, 6) is -1.20. The lowest BCUT2D eigenvalue weighted by atomic mass is 10.2. The molecule has 1 aliphatic heterocycles. The molecule has 1 aromatic rings. The SMILES string of the molecule is CN(CCC(=O)O)CC(=O)Nc1ccc(S(=O)(=O)N2CCCCCC2)cc1.Cl. The Morgan fingerprint density at radius 2 is 1.68 bits per heavy atom. The molecule has 0 atom stereocenters. The van der Waals surface area contributed by atoms with Gasteiger partial charge < -0.3 is 10.4 Å². The number of hydrogen-bond donors (Lipinski definition) is 2. The van der Waals surface area contributed by atoms with Crippen molar-refractivity contribution in [1.29, 1.82) is 0 Å². The first-order valence-electron chi connectivity index (χ1n) is 9.09. The van der Waals surface area contributed by atoms with Crippen molar-refractivity contribution in [3.63, 3.8) is 0 Å². The summed E-state index contributed by atoms with van der Waals surface area (Å²) in [5, 5.41) is 11.3. The molecule has 28 heavy (non-hydrogen) atoms. The van der Waals surface area contributed by atoms with Gasteiger partial charge in [0.15, 0.2) is 0 Å². The Hall–Kier alpha value is -1.68. The van der Waals surface area contributed by atoms with Crippen molar-refractivity contribution in [3.05, 3.63) is 24.3 Å². The van der Waals surface area contributed by atoms with Crippen LogP contribution >= 0.6 is 12.4 Å². The van der Waals surface area contributed by atoms with Gasteiger partial charge in [-0.15, -0.1) is 12.4 Å². The number of sulfonamides is 1. The van der Waals surface area contributed by atoms with Crippen molar-refractivity contribution >= 4 is 40.0 Å². The van der Waals surface area contributed by atoms with Gasteiger partial charge in [-0.25, -0.2) is 8.42 Å². The first-order chi connectivity index (χ1) is 12.8. The summed E-state index contributed by atoms with van der Waals surface area (Å²) in [6.07, 6.45) is 3.83. The molecule has 0 bridgehead atoms. The van der Waals surface area contributed by atoms with Gasteiger partial charge in [-0.1, -0.05) is 12.8 Å². The summed E-state index contributed by atoms with van der Waals surface area (Å²) in [7, 11) is -1.84. The second kappa shape index (κ2) is 11.4. The fourth-order valence-corrected chi connectivity index (χ4v) is 4.47. The number of carboxylic acids is 1. The molecule has 1 saturated heterocycles. The van der Waals surface area contributed by atoms with Crippen LogP contribution in [0, 0.1) is 0 Å². The highest BCUT2D eigenvalue weighted by atomic mass is 35.5. The third-order valence-corrected chi connectivity index (χ3v) is 6.37. The van der Waals surface area contributed by atoms with Gasteiger partial charge in [-0.05, 0) is 44.2 Å². The lowest BCUT2D eigenvalue weighted by Gasteiger charge is -2.20. The van der Waals surface area contributed by atoms with Crippen molar-refractivity contribution in [2.24, 2.45) is 0 Å². The van der Waals surface area contributed by atoms with Crippen LogP contribution in [0.4, 0.5) is 5.69 Å². The first kappa shape index (κ1) is 24.4. The van der Waals surface area contributed by atoms with Crippen molar-refractivity contribution in [3.8, 4) is 0 Å². The lowest BCUT2D eigenvalue weighted by molar-refractivity contribution is -0.137. The molecule has 1 aliphatic rings. The molecule has 2 rings (SSSR count). The van der Waals surface area contributed by atoms with Crippen LogP contribution < -0.4 is 5.32 Å². The van der Waals surface area contributed by atoms with Crippen molar-refractivity contribution in [1.82, 2.24) is 9.21 Å². The zero-order chi connectivity index (χ0) is 19.9. The second-order valence-electron chi connectivity index (χ2n) is 6.77. The number of amides is 1. The highest BCUT2D eigenvalue weighted by molar-refractivity contribution is 7.89. The Morgan fingerprint density at radius 3 is 2.21 bits per heavy atom. The third kappa shape index (κ3) is 7.38. The van der Waals surface area contributed by atoms with E-state index in [0.29, 0.717) is 18.8 Å². The summed E-state index contributed by atoms with van der Waals surface area (Å²) in [6.45, 7) is 1.42. The number of carbonyl (C=O) groups is 2. The molecule has 0 unspecified atom stereocenters. The number of anilines is 1. The van der Waals surface area contributed by atoms with E-state index in [1.807, 2.05) is 0 Å². The molecular weight excluding hydrogens is 406 g/mol. The molecule has 0 spiro atoms. The van der Waals surface area contributed by atoms with Crippen molar-refractivity contribution in [2.75, 3.05) is 38.5 Å². The first-order valence-corrected chi connectivity index (χ1v) is 10.5. The van der Waals surface area contributed by atoms with E-state index in [4.69, 9.17) is 5.11 Å². The van der Waals surface area contributed by atoms with Gasteiger partial charge >= 0.3 is 5.97 Å². The molecule has 0 aliphatic carbocycles. The van der Waals surface area contributed by atoms with Gasteiger partial charge in [-0.3, -0.25) is 14.5 Å². The largest absolute Gasteiger partial charge is 0.481 e. The van der Waals surface area contributed by atoms with Crippen molar-refractivity contribution < 1.29 is 23.1 Å². The van der Waals surface area contributed by atoms with Gasteiger partial charge in [0.2, 0.25) is 15.9 Å². The van der Waals surface area contributed by atoms with Gasteiger partial charge in [0.1, 0.15) is 0 Å². The number of aliphatic carboxylic acids is 1. The minimum Gasteiger partial charge on any atom is -0.481 e. The Labute approximate surface area is 172 Å². The number of likely N-dealkylation sites (N-methyl/N-ethyl adjacent to an activating group) is 1. The van der Waals surface area contributed by atoms with Crippen LogP contribution in [-0.2, 0) is 19.6 Å². The summed E-state index contributed by atoms with van der Waals surface area (Å²) >= 11 is 0. The smallest absolute Gasteiger partial charge is 0.304 e.